The number of benzene rings is 1. The predicted molar refractivity (Wildman–Crippen MR) is 71.3 cm³/mol. The highest BCUT2D eigenvalue weighted by molar-refractivity contribution is 6.30. The molecule has 0 aliphatic heterocycles. The van der Waals surface area contributed by atoms with Crippen molar-refractivity contribution in [2.24, 2.45) is 5.73 Å². The second-order valence-corrected chi connectivity index (χ2v) is 4.37. The summed E-state index contributed by atoms with van der Waals surface area (Å²) < 4.78 is 1.73. The molecule has 0 aliphatic carbocycles. The first-order valence-corrected chi connectivity index (χ1v) is 5.95. The van der Waals surface area contributed by atoms with Crippen LogP contribution in [-0.4, -0.2) is 14.6 Å². The summed E-state index contributed by atoms with van der Waals surface area (Å²) in [4.78, 5) is 4.31. The molecule has 0 fully saturated rings. The van der Waals surface area contributed by atoms with Crippen LogP contribution in [0.2, 0.25) is 5.02 Å². The van der Waals surface area contributed by atoms with Crippen LogP contribution in [0.5, 0.6) is 0 Å². The largest absolute Gasteiger partial charge is 0.326 e. The van der Waals surface area contributed by atoms with Crippen molar-refractivity contribution in [2.45, 2.75) is 6.54 Å². The first kappa shape index (κ1) is 11.2. The maximum atomic E-state index is 6.01. The van der Waals surface area contributed by atoms with E-state index < -0.39 is 0 Å². The fourth-order valence-corrected chi connectivity index (χ4v) is 2.18. The molecule has 0 aliphatic rings. The first-order valence-electron chi connectivity index (χ1n) is 5.58. The van der Waals surface area contributed by atoms with Gasteiger partial charge in [0.1, 0.15) is 0 Å². The third-order valence-corrected chi connectivity index (χ3v) is 3.03. The van der Waals surface area contributed by atoms with Gasteiger partial charge in [-0.1, -0.05) is 23.7 Å². The molecule has 3 rings (SSSR count). The summed E-state index contributed by atoms with van der Waals surface area (Å²) in [7, 11) is 0. The van der Waals surface area contributed by atoms with Gasteiger partial charge in [0.25, 0.3) is 0 Å². The molecule has 0 radical (unpaired) electrons. The summed E-state index contributed by atoms with van der Waals surface area (Å²) in [6, 6.07) is 9.41. The molecule has 18 heavy (non-hydrogen) atoms. The SMILES string of the molecule is NCc1c(-c2cccc(Cl)c2)nn2cccnc12. The van der Waals surface area contributed by atoms with E-state index in [0.717, 1.165) is 22.5 Å². The summed E-state index contributed by atoms with van der Waals surface area (Å²) in [6.45, 7) is 0.391. The highest BCUT2D eigenvalue weighted by atomic mass is 35.5. The van der Waals surface area contributed by atoms with Crippen molar-refractivity contribution in [3.8, 4) is 11.3 Å². The lowest BCUT2D eigenvalue weighted by Gasteiger charge is -2.00. The van der Waals surface area contributed by atoms with Crippen LogP contribution in [0.1, 0.15) is 5.56 Å². The van der Waals surface area contributed by atoms with E-state index in [2.05, 4.69) is 10.1 Å². The van der Waals surface area contributed by atoms with Gasteiger partial charge in [-0.15, -0.1) is 0 Å². The highest BCUT2D eigenvalue weighted by Gasteiger charge is 2.13. The normalized spacial score (nSPS) is 11.0. The van der Waals surface area contributed by atoms with Crippen LogP contribution in [0.3, 0.4) is 0 Å². The van der Waals surface area contributed by atoms with Gasteiger partial charge in [0.15, 0.2) is 5.65 Å². The molecule has 1 aromatic carbocycles. The second kappa shape index (κ2) is 4.40. The van der Waals surface area contributed by atoms with Crippen LogP contribution in [-0.2, 0) is 6.54 Å². The minimum absolute atomic E-state index is 0.391. The lowest BCUT2D eigenvalue weighted by molar-refractivity contribution is 0.942. The molecule has 0 amide bonds. The Morgan fingerprint density at radius 3 is 2.94 bits per heavy atom. The van der Waals surface area contributed by atoms with Crippen molar-refractivity contribution < 1.29 is 0 Å². The number of hydrogen-bond acceptors (Lipinski definition) is 3. The summed E-state index contributed by atoms with van der Waals surface area (Å²) in [5, 5.41) is 5.19. The molecule has 0 bridgehead atoms. The Balaban J connectivity index is 2.28. The van der Waals surface area contributed by atoms with Crippen LogP contribution >= 0.6 is 11.6 Å². The molecule has 2 aromatic heterocycles. The minimum Gasteiger partial charge on any atom is -0.326 e. The summed E-state index contributed by atoms with van der Waals surface area (Å²) in [6.07, 6.45) is 3.59. The van der Waals surface area contributed by atoms with Crippen molar-refractivity contribution in [2.75, 3.05) is 0 Å². The number of nitrogens with two attached hydrogens (primary N) is 1. The third kappa shape index (κ3) is 1.75. The zero-order chi connectivity index (χ0) is 12.5. The summed E-state index contributed by atoms with van der Waals surface area (Å²) in [5.74, 6) is 0. The van der Waals surface area contributed by atoms with Gasteiger partial charge < -0.3 is 5.73 Å². The zero-order valence-corrected chi connectivity index (χ0v) is 10.3. The topological polar surface area (TPSA) is 56.2 Å². The van der Waals surface area contributed by atoms with E-state index in [4.69, 9.17) is 17.3 Å². The molecule has 0 saturated carbocycles. The Morgan fingerprint density at radius 1 is 1.28 bits per heavy atom. The van der Waals surface area contributed by atoms with E-state index in [0.29, 0.717) is 11.6 Å². The molecule has 3 aromatic rings. The zero-order valence-electron chi connectivity index (χ0n) is 9.55. The van der Waals surface area contributed by atoms with E-state index in [1.165, 1.54) is 0 Å². The predicted octanol–water partition coefficient (Wildman–Crippen LogP) is 2.51. The van der Waals surface area contributed by atoms with Gasteiger partial charge >= 0.3 is 0 Å². The lowest BCUT2D eigenvalue weighted by atomic mass is 10.1. The average molecular weight is 259 g/mol. The van der Waals surface area contributed by atoms with Crippen LogP contribution in [0.15, 0.2) is 42.7 Å². The smallest absolute Gasteiger partial charge is 0.160 e. The third-order valence-electron chi connectivity index (χ3n) is 2.79. The Labute approximate surface area is 109 Å². The number of halogens is 1. The lowest BCUT2D eigenvalue weighted by Crippen LogP contribution is -1.98. The summed E-state index contributed by atoms with van der Waals surface area (Å²) in [5.41, 5.74) is 9.31. The Hall–Kier alpha value is -1.91. The Morgan fingerprint density at radius 2 is 2.17 bits per heavy atom. The number of fused-ring (bicyclic) bond motifs is 1. The van der Waals surface area contributed by atoms with Gasteiger partial charge in [-0.3, -0.25) is 0 Å². The molecule has 2 N–H and O–H groups in total. The minimum atomic E-state index is 0.391. The molecule has 0 unspecified atom stereocenters. The quantitative estimate of drug-likeness (QED) is 0.768. The van der Waals surface area contributed by atoms with E-state index in [9.17, 15) is 0 Å². The van der Waals surface area contributed by atoms with Gasteiger partial charge in [0.05, 0.1) is 5.69 Å². The van der Waals surface area contributed by atoms with E-state index in [-0.39, 0.29) is 0 Å². The second-order valence-electron chi connectivity index (χ2n) is 3.93. The van der Waals surface area contributed by atoms with Crippen molar-refractivity contribution in [3.63, 3.8) is 0 Å². The molecule has 0 atom stereocenters. The number of nitrogens with zero attached hydrogens (tertiary/aromatic N) is 3. The molecular weight excluding hydrogens is 248 g/mol. The molecule has 4 nitrogen and oxygen atoms in total. The van der Waals surface area contributed by atoms with Gasteiger partial charge in [0.2, 0.25) is 0 Å². The molecule has 0 spiro atoms. The van der Waals surface area contributed by atoms with Gasteiger partial charge in [-0.25, -0.2) is 9.50 Å². The van der Waals surface area contributed by atoms with E-state index in [1.807, 2.05) is 36.5 Å². The van der Waals surface area contributed by atoms with Gasteiger partial charge in [0, 0.05) is 35.1 Å². The maximum Gasteiger partial charge on any atom is 0.160 e. The van der Waals surface area contributed by atoms with Crippen LogP contribution in [0.25, 0.3) is 16.9 Å². The monoisotopic (exact) mass is 258 g/mol. The maximum absolute atomic E-state index is 6.01. The molecular formula is C13H11ClN4. The van der Waals surface area contributed by atoms with Gasteiger partial charge in [-0.2, -0.15) is 5.10 Å². The van der Waals surface area contributed by atoms with Crippen molar-refractivity contribution in [1.82, 2.24) is 14.6 Å². The van der Waals surface area contributed by atoms with Crippen molar-refractivity contribution >= 4 is 17.2 Å². The van der Waals surface area contributed by atoms with Crippen LogP contribution < -0.4 is 5.73 Å². The molecule has 2 heterocycles. The average Bonchev–Trinajstić information content (AvgIpc) is 2.77. The van der Waals surface area contributed by atoms with Crippen LogP contribution in [0.4, 0.5) is 0 Å². The van der Waals surface area contributed by atoms with E-state index in [1.54, 1.807) is 10.7 Å². The fourth-order valence-electron chi connectivity index (χ4n) is 1.99. The number of aromatic nitrogens is 3. The standard InChI is InChI=1S/C13H11ClN4/c14-10-4-1-3-9(7-10)12-11(8-15)13-16-5-2-6-18(13)17-12/h1-7H,8,15H2. The molecule has 5 heteroatoms. The Kier molecular flexibility index (Phi) is 2.74. The summed E-state index contributed by atoms with van der Waals surface area (Å²) >= 11 is 6.01. The fraction of sp³-hybridized carbons (Fsp3) is 0.0769. The molecule has 90 valence electrons. The number of hydrogen-bond donors (Lipinski definition) is 1. The number of rotatable bonds is 2. The van der Waals surface area contributed by atoms with Crippen molar-refractivity contribution in [3.05, 3.63) is 53.3 Å². The molecule has 0 saturated heterocycles. The van der Waals surface area contributed by atoms with Gasteiger partial charge in [-0.05, 0) is 18.2 Å². The Bertz CT molecular complexity index is 705. The van der Waals surface area contributed by atoms with Crippen LogP contribution in [0, 0.1) is 0 Å². The van der Waals surface area contributed by atoms with Crippen molar-refractivity contribution in [1.29, 1.82) is 0 Å². The highest BCUT2D eigenvalue weighted by Crippen LogP contribution is 2.26. The first-order chi connectivity index (χ1) is 8.79. The van der Waals surface area contributed by atoms with E-state index >= 15 is 0 Å².